The van der Waals surface area contributed by atoms with E-state index in [1.165, 1.54) is 0 Å². The van der Waals surface area contributed by atoms with Crippen LogP contribution in [0.15, 0.2) is 6.20 Å². The second-order valence-electron chi connectivity index (χ2n) is 6.68. The van der Waals surface area contributed by atoms with E-state index in [2.05, 4.69) is 31.1 Å². The molecule has 2 heterocycles. The van der Waals surface area contributed by atoms with Crippen molar-refractivity contribution in [1.29, 1.82) is 0 Å². The van der Waals surface area contributed by atoms with Crippen molar-refractivity contribution in [2.75, 3.05) is 0 Å². The molecule has 24 heavy (non-hydrogen) atoms. The molecule has 2 N–H and O–H groups in total. The standard InChI is InChI=1S/C15H21N7OS/c1-8-7-16-14(24-8)12(10-3-4-10)18-15(23)17-9(2)13-19-20-21-22(13)11-5-6-11/h7,9-12H,3-6H2,1-2H3,(H2,17,18,23)/t9-,12+/m0/s1. The van der Waals surface area contributed by atoms with Gasteiger partial charge in [0.2, 0.25) is 0 Å². The predicted molar refractivity (Wildman–Crippen MR) is 88.5 cm³/mol. The SMILES string of the molecule is Cc1cnc([C@H](NC(=O)N[C@@H](C)c2nnnn2C2CC2)C2CC2)s1. The van der Waals surface area contributed by atoms with Gasteiger partial charge in [0, 0.05) is 11.1 Å². The zero-order valence-electron chi connectivity index (χ0n) is 13.8. The fourth-order valence-corrected chi connectivity index (χ4v) is 3.75. The van der Waals surface area contributed by atoms with Crippen LogP contribution in [0, 0.1) is 12.8 Å². The maximum Gasteiger partial charge on any atom is 0.315 e. The Hall–Kier alpha value is -2.03. The van der Waals surface area contributed by atoms with E-state index in [0.717, 1.165) is 35.6 Å². The summed E-state index contributed by atoms with van der Waals surface area (Å²) >= 11 is 1.65. The number of hydrogen-bond acceptors (Lipinski definition) is 6. The summed E-state index contributed by atoms with van der Waals surface area (Å²) in [5.41, 5.74) is 0. The maximum atomic E-state index is 12.4. The maximum absolute atomic E-state index is 12.4. The molecule has 8 nitrogen and oxygen atoms in total. The highest BCUT2D eigenvalue weighted by molar-refractivity contribution is 7.11. The van der Waals surface area contributed by atoms with Gasteiger partial charge in [-0.3, -0.25) is 0 Å². The highest BCUT2D eigenvalue weighted by atomic mass is 32.1. The molecule has 9 heteroatoms. The summed E-state index contributed by atoms with van der Waals surface area (Å²) < 4.78 is 1.83. The molecule has 0 unspecified atom stereocenters. The average Bonchev–Trinajstić information content (AvgIpc) is 3.47. The summed E-state index contributed by atoms with van der Waals surface area (Å²) in [6.45, 7) is 3.94. The van der Waals surface area contributed by atoms with Crippen molar-refractivity contribution >= 4 is 17.4 Å². The van der Waals surface area contributed by atoms with Gasteiger partial charge in [0.05, 0.1) is 18.1 Å². The first-order chi connectivity index (χ1) is 11.6. The number of amides is 2. The lowest BCUT2D eigenvalue weighted by atomic mass is 10.2. The minimum Gasteiger partial charge on any atom is -0.329 e. The van der Waals surface area contributed by atoms with Crippen LogP contribution in [0.2, 0.25) is 0 Å². The van der Waals surface area contributed by atoms with Crippen LogP contribution in [0.5, 0.6) is 0 Å². The van der Waals surface area contributed by atoms with Gasteiger partial charge >= 0.3 is 6.03 Å². The number of aromatic nitrogens is 5. The summed E-state index contributed by atoms with van der Waals surface area (Å²) in [6.07, 6.45) is 6.34. The van der Waals surface area contributed by atoms with E-state index in [4.69, 9.17) is 0 Å². The Morgan fingerprint density at radius 2 is 2.12 bits per heavy atom. The summed E-state index contributed by atoms with van der Waals surface area (Å²) in [4.78, 5) is 18.1. The lowest BCUT2D eigenvalue weighted by molar-refractivity contribution is 0.231. The predicted octanol–water partition coefficient (Wildman–Crippen LogP) is 2.28. The molecule has 0 aliphatic heterocycles. The second kappa shape index (κ2) is 6.12. The van der Waals surface area contributed by atoms with Gasteiger partial charge in [0.1, 0.15) is 5.01 Å². The smallest absolute Gasteiger partial charge is 0.315 e. The molecule has 2 atom stereocenters. The van der Waals surface area contributed by atoms with Crippen molar-refractivity contribution in [3.05, 3.63) is 21.9 Å². The number of tetrazole rings is 1. The highest BCUT2D eigenvalue weighted by Gasteiger charge is 2.36. The molecule has 2 aliphatic carbocycles. The average molecular weight is 347 g/mol. The zero-order valence-corrected chi connectivity index (χ0v) is 14.6. The van der Waals surface area contributed by atoms with Gasteiger partial charge in [0.25, 0.3) is 0 Å². The van der Waals surface area contributed by atoms with E-state index in [0.29, 0.717) is 17.8 Å². The monoisotopic (exact) mass is 347 g/mol. The number of carbonyl (C=O) groups is 1. The molecule has 0 radical (unpaired) electrons. The summed E-state index contributed by atoms with van der Waals surface area (Å²) in [7, 11) is 0. The van der Waals surface area contributed by atoms with Crippen LogP contribution in [-0.4, -0.2) is 31.2 Å². The van der Waals surface area contributed by atoms with Crippen LogP contribution in [0.25, 0.3) is 0 Å². The third-order valence-electron chi connectivity index (χ3n) is 4.43. The summed E-state index contributed by atoms with van der Waals surface area (Å²) in [5, 5.41) is 18.9. The molecule has 2 fully saturated rings. The zero-order chi connectivity index (χ0) is 16.7. The lowest BCUT2D eigenvalue weighted by Gasteiger charge is -2.19. The van der Waals surface area contributed by atoms with Crippen molar-refractivity contribution in [3.8, 4) is 0 Å². The topological polar surface area (TPSA) is 97.6 Å². The van der Waals surface area contributed by atoms with Crippen LogP contribution in [-0.2, 0) is 0 Å². The van der Waals surface area contributed by atoms with Crippen LogP contribution in [0.1, 0.15) is 66.4 Å². The molecule has 0 saturated heterocycles. The van der Waals surface area contributed by atoms with Crippen LogP contribution in [0.3, 0.4) is 0 Å². The number of nitrogens with zero attached hydrogens (tertiary/aromatic N) is 5. The molecule has 0 bridgehead atoms. The minimum absolute atomic E-state index is 0.00433. The second-order valence-corrected chi connectivity index (χ2v) is 7.94. The van der Waals surface area contributed by atoms with Crippen molar-refractivity contribution < 1.29 is 4.79 Å². The van der Waals surface area contributed by atoms with Crippen LogP contribution >= 0.6 is 11.3 Å². The highest BCUT2D eigenvalue weighted by Crippen LogP contribution is 2.42. The Morgan fingerprint density at radius 3 is 2.75 bits per heavy atom. The molecule has 128 valence electrons. The number of aryl methyl sites for hydroxylation is 1. The Labute approximate surface area is 144 Å². The number of carbonyl (C=O) groups excluding carboxylic acids is 1. The largest absolute Gasteiger partial charge is 0.329 e. The van der Waals surface area contributed by atoms with E-state index in [1.54, 1.807) is 11.3 Å². The van der Waals surface area contributed by atoms with Gasteiger partial charge in [-0.05, 0) is 55.9 Å². The molecule has 2 aromatic rings. The van der Waals surface area contributed by atoms with Crippen molar-refractivity contribution in [2.24, 2.45) is 5.92 Å². The van der Waals surface area contributed by atoms with E-state index in [9.17, 15) is 4.79 Å². The molecule has 2 aliphatic rings. The Bertz CT molecular complexity index is 734. The molecule has 4 rings (SSSR count). The number of rotatable bonds is 6. The number of hydrogen-bond donors (Lipinski definition) is 2. The quantitative estimate of drug-likeness (QED) is 0.835. The van der Waals surface area contributed by atoms with Gasteiger partial charge < -0.3 is 10.6 Å². The first-order valence-electron chi connectivity index (χ1n) is 8.39. The third kappa shape index (κ3) is 3.26. The van der Waals surface area contributed by atoms with Crippen LogP contribution < -0.4 is 10.6 Å². The number of urea groups is 1. The molecule has 0 aromatic carbocycles. The van der Waals surface area contributed by atoms with Crippen LogP contribution in [0.4, 0.5) is 4.79 Å². The van der Waals surface area contributed by atoms with Crippen molar-refractivity contribution in [1.82, 2.24) is 35.8 Å². The summed E-state index contributed by atoms with van der Waals surface area (Å²) in [5.74, 6) is 1.20. The molecule has 2 amide bonds. The normalized spacial score (nSPS) is 19.8. The van der Waals surface area contributed by atoms with Gasteiger partial charge in [-0.1, -0.05) is 0 Å². The number of nitrogens with one attached hydrogen (secondary N) is 2. The fraction of sp³-hybridized carbons (Fsp3) is 0.667. The van der Waals surface area contributed by atoms with Gasteiger partial charge in [0.15, 0.2) is 5.82 Å². The van der Waals surface area contributed by atoms with E-state index < -0.39 is 0 Å². The molecule has 0 spiro atoms. The fourth-order valence-electron chi connectivity index (χ4n) is 2.84. The Kier molecular flexibility index (Phi) is 3.95. The van der Waals surface area contributed by atoms with E-state index >= 15 is 0 Å². The summed E-state index contributed by atoms with van der Waals surface area (Å²) in [6, 6.07) is -0.0498. The minimum atomic E-state index is -0.238. The Morgan fingerprint density at radius 1 is 1.33 bits per heavy atom. The molecule has 2 aromatic heterocycles. The van der Waals surface area contributed by atoms with Gasteiger partial charge in [-0.25, -0.2) is 14.5 Å². The van der Waals surface area contributed by atoms with E-state index in [-0.39, 0.29) is 18.1 Å². The molecule has 2 saturated carbocycles. The van der Waals surface area contributed by atoms with Crippen molar-refractivity contribution in [3.63, 3.8) is 0 Å². The van der Waals surface area contributed by atoms with E-state index in [1.807, 2.05) is 24.7 Å². The van der Waals surface area contributed by atoms with Gasteiger partial charge in [-0.2, -0.15) is 0 Å². The first-order valence-corrected chi connectivity index (χ1v) is 9.20. The third-order valence-corrected chi connectivity index (χ3v) is 5.43. The molecular formula is C15H21N7OS. The number of thiazole rings is 1. The lowest BCUT2D eigenvalue weighted by Crippen LogP contribution is -2.40. The van der Waals surface area contributed by atoms with Crippen molar-refractivity contribution in [2.45, 2.75) is 57.7 Å². The Balaban J connectivity index is 1.40. The first kappa shape index (κ1) is 15.5. The molecular weight excluding hydrogens is 326 g/mol. The van der Waals surface area contributed by atoms with Gasteiger partial charge in [-0.15, -0.1) is 16.4 Å².